The monoisotopic (exact) mass is 780 g/mol. The molecule has 0 bridgehead atoms. The summed E-state index contributed by atoms with van der Waals surface area (Å²) in [4.78, 5) is 67.2. The number of fused-ring (bicyclic) bond motifs is 10. The molecule has 12 heteroatoms. The number of carbonyl (C=O) groups excluding carboxylic acids is 5. The minimum Gasteiger partial charge on any atom is -0.461 e. The van der Waals surface area contributed by atoms with Gasteiger partial charge in [0.15, 0.2) is 23.1 Å². The maximum Gasteiger partial charge on any atom is 0.306 e. The van der Waals surface area contributed by atoms with Gasteiger partial charge in [-0.15, -0.1) is 0 Å². The maximum atomic E-state index is 14.9. The molecule has 56 heavy (non-hydrogen) atoms. The molecule has 0 aromatic rings. The van der Waals surface area contributed by atoms with E-state index in [1.807, 2.05) is 27.7 Å². The number of carbonyl (C=O) groups is 5. The van der Waals surface area contributed by atoms with Gasteiger partial charge in [-0.25, -0.2) is 0 Å². The molecule has 8 aliphatic rings. The van der Waals surface area contributed by atoms with E-state index in [0.717, 1.165) is 11.1 Å². The van der Waals surface area contributed by atoms with Gasteiger partial charge in [-0.3, -0.25) is 24.0 Å². The van der Waals surface area contributed by atoms with Crippen molar-refractivity contribution < 1.29 is 59.3 Å². The summed E-state index contributed by atoms with van der Waals surface area (Å²) in [6, 6.07) is 0. The highest BCUT2D eigenvalue weighted by Gasteiger charge is 2.74. The molecule has 308 valence electrons. The number of Topliss-reactive ketones (excluding diaryl/α,β-unsaturated/α-hetero) is 2. The smallest absolute Gasteiger partial charge is 0.306 e. The van der Waals surface area contributed by atoms with Crippen molar-refractivity contribution in [1.82, 2.24) is 0 Å². The van der Waals surface area contributed by atoms with E-state index >= 15 is 0 Å². The minimum absolute atomic E-state index is 0.00375. The van der Waals surface area contributed by atoms with Gasteiger partial charge >= 0.3 is 5.97 Å². The Bertz CT molecular complexity index is 1820. The largest absolute Gasteiger partial charge is 0.461 e. The lowest BCUT2D eigenvalue weighted by Gasteiger charge is -2.67. The lowest BCUT2D eigenvalue weighted by atomic mass is 9.37. The van der Waals surface area contributed by atoms with Gasteiger partial charge in [0.25, 0.3) is 0 Å². The van der Waals surface area contributed by atoms with Crippen molar-refractivity contribution in [3.63, 3.8) is 0 Å². The summed E-state index contributed by atoms with van der Waals surface area (Å²) in [7, 11) is 0. The van der Waals surface area contributed by atoms with E-state index in [1.54, 1.807) is 12.2 Å². The lowest BCUT2D eigenvalue weighted by molar-refractivity contribution is -0.230. The van der Waals surface area contributed by atoms with Gasteiger partial charge in [-0.05, 0) is 112 Å². The summed E-state index contributed by atoms with van der Waals surface area (Å²) in [5, 5.41) is 68.0. The molecule has 15 atom stereocenters. The Morgan fingerprint density at radius 2 is 1.32 bits per heavy atom. The van der Waals surface area contributed by atoms with E-state index in [-0.39, 0.29) is 80.2 Å². The van der Waals surface area contributed by atoms with Crippen molar-refractivity contribution in [1.29, 1.82) is 0 Å². The Morgan fingerprint density at radius 1 is 0.732 bits per heavy atom. The fourth-order valence-corrected chi connectivity index (χ4v) is 15.7. The van der Waals surface area contributed by atoms with Crippen molar-refractivity contribution in [3.8, 4) is 0 Å². The molecule has 0 amide bonds. The van der Waals surface area contributed by atoms with E-state index in [2.05, 4.69) is 0 Å². The van der Waals surface area contributed by atoms with Gasteiger partial charge in [-0.2, -0.15) is 0 Å². The Balaban J connectivity index is 1.15. The van der Waals surface area contributed by atoms with Crippen LogP contribution in [-0.4, -0.2) is 102 Å². The van der Waals surface area contributed by atoms with Crippen LogP contribution in [0.2, 0.25) is 0 Å². The fourth-order valence-electron chi connectivity index (χ4n) is 15.7. The first-order valence-electron chi connectivity index (χ1n) is 21.0. The molecule has 0 radical (unpaired) electrons. The van der Waals surface area contributed by atoms with E-state index < -0.39 is 93.3 Å². The average Bonchev–Trinajstić information content (AvgIpc) is 3.57. The normalized spacial score (nSPS) is 50.6. The van der Waals surface area contributed by atoms with Crippen LogP contribution in [0.4, 0.5) is 0 Å². The molecular formula is C44H60O12. The van der Waals surface area contributed by atoms with Gasteiger partial charge in [0.1, 0.15) is 30.5 Å². The maximum absolute atomic E-state index is 14.9. The van der Waals surface area contributed by atoms with E-state index in [1.165, 1.54) is 0 Å². The van der Waals surface area contributed by atoms with Crippen molar-refractivity contribution in [3.05, 3.63) is 23.3 Å². The number of aliphatic hydroxyl groups is 6. The number of ether oxygens (including phenoxy) is 1. The predicted octanol–water partition coefficient (Wildman–Crippen LogP) is 2.86. The summed E-state index contributed by atoms with van der Waals surface area (Å²) in [6.07, 6.45) is 4.17. The van der Waals surface area contributed by atoms with Crippen LogP contribution < -0.4 is 0 Å². The molecular weight excluding hydrogens is 720 g/mol. The molecule has 6 fully saturated rings. The van der Waals surface area contributed by atoms with Gasteiger partial charge in [0, 0.05) is 40.4 Å². The van der Waals surface area contributed by atoms with Crippen LogP contribution in [0.15, 0.2) is 23.3 Å². The third kappa shape index (κ3) is 4.89. The number of hydrogen-bond donors (Lipinski definition) is 6. The molecule has 0 heterocycles. The highest BCUT2D eigenvalue weighted by molar-refractivity contribution is 5.93. The van der Waals surface area contributed by atoms with E-state index in [0.29, 0.717) is 44.9 Å². The SMILES string of the molecule is C[C@]12CCC(=O)C=C1CC[C@H]1[C@@H]3CC[C@](O)(C(=O)CO)[C@@]3(C)C[C@H](O)[C@@]12CC(=O)OC1CC(=O)C=C2CC[C@@H]3[C@H]([C@@H](O)C[C@@]4(C)[C@H]3CC[C@]4(O)C(=O)CO)[C@]21C. The van der Waals surface area contributed by atoms with Gasteiger partial charge in [0.2, 0.25) is 0 Å². The van der Waals surface area contributed by atoms with Crippen LogP contribution in [0.25, 0.3) is 0 Å². The van der Waals surface area contributed by atoms with Crippen molar-refractivity contribution >= 4 is 29.1 Å². The quantitative estimate of drug-likeness (QED) is 0.206. The zero-order chi connectivity index (χ0) is 40.6. The third-order valence-electron chi connectivity index (χ3n) is 18.7. The van der Waals surface area contributed by atoms with Crippen LogP contribution in [-0.2, 0) is 28.7 Å². The summed E-state index contributed by atoms with van der Waals surface area (Å²) >= 11 is 0. The van der Waals surface area contributed by atoms with Crippen LogP contribution >= 0.6 is 0 Å². The molecule has 8 aliphatic carbocycles. The second-order valence-electron chi connectivity index (χ2n) is 20.2. The Kier molecular flexibility index (Phi) is 9.29. The van der Waals surface area contributed by atoms with Crippen LogP contribution in [0.1, 0.15) is 118 Å². The standard InChI is InChI=1S/C44H60O12/c1-38-12-9-25(47)15-23(38)6-8-30-29-11-14-44(55,34(52)22-46)40(29,3)19-32(50)42(30,38)20-36(53)56-35-17-26(48)16-24-5-7-27-28-10-13-43(54,33(51)21-45)39(28,2)18-31(49)37(27)41(24,35)4/h15-16,27-32,35,37,45-46,49-50,54-55H,5-14,17-22H2,1-4H3/t27-,28-,29-,30-,31-,32-,35?,37+,38-,39-,40-,41+,42+,43-,44-/m0/s1. The van der Waals surface area contributed by atoms with Crippen molar-refractivity contribution in [2.75, 3.05) is 13.2 Å². The molecule has 6 N–H and O–H groups in total. The van der Waals surface area contributed by atoms with E-state index in [4.69, 9.17) is 4.74 Å². The first-order valence-corrected chi connectivity index (χ1v) is 21.0. The average molecular weight is 781 g/mol. The number of ketones is 4. The van der Waals surface area contributed by atoms with Gasteiger partial charge in [-0.1, -0.05) is 38.8 Å². The number of allylic oxidation sites excluding steroid dienone is 1. The zero-order valence-corrected chi connectivity index (χ0v) is 33.2. The number of esters is 1. The van der Waals surface area contributed by atoms with Gasteiger partial charge < -0.3 is 35.4 Å². The zero-order valence-electron chi connectivity index (χ0n) is 33.2. The highest BCUT2D eigenvalue weighted by atomic mass is 16.5. The number of rotatable bonds is 7. The summed E-state index contributed by atoms with van der Waals surface area (Å²) in [5.74, 6) is -3.47. The minimum atomic E-state index is -1.84. The van der Waals surface area contributed by atoms with Crippen LogP contribution in [0.3, 0.4) is 0 Å². The van der Waals surface area contributed by atoms with Crippen molar-refractivity contribution in [2.24, 2.45) is 56.7 Å². The Hall–Kier alpha value is -2.61. The first kappa shape index (κ1) is 40.2. The number of aliphatic hydroxyl groups excluding tert-OH is 4. The lowest BCUT2D eigenvalue weighted by Crippen LogP contribution is -2.68. The molecule has 0 saturated heterocycles. The topological polar surface area (TPSA) is 216 Å². The van der Waals surface area contributed by atoms with Crippen LogP contribution in [0.5, 0.6) is 0 Å². The summed E-state index contributed by atoms with van der Waals surface area (Å²) in [6.45, 7) is 6.02. The van der Waals surface area contributed by atoms with Crippen LogP contribution in [0, 0.1) is 56.7 Å². The van der Waals surface area contributed by atoms with Crippen molar-refractivity contribution in [2.45, 2.75) is 147 Å². The fraction of sp³-hybridized carbons (Fsp3) is 0.795. The molecule has 12 nitrogen and oxygen atoms in total. The molecule has 0 spiro atoms. The molecule has 0 aromatic heterocycles. The molecule has 0 aromatic carbocycles. The second kappa shape index (κ2) is 12.9. The Labute approximate surface area is 328 Å². The Morgan fingerprint density at radius 3 is 1.96 bits per heavy atom. The van der Waals surface area contributed by atoms with E-state index in [9.17, 15) is 54.6 Å². The predicted molar refractivity (Wildman–Crippen MR) is 199 cm³/mol. The molecule has 6 saturated carbocycles. The summed E-state index contributed by atoms with van der Waals surface area (Å²) in [5.41, 5.74) is -6.82. The first-order chi connectivity index (χ1) is 26.2. The third-order valence-corrected chi connectivity index (χ3v) is 18.7. The second-order valence-corrected chi connectivity index (χ2v) is 20.2. The highest BCUT2D eigenvalue weighted by Crippen LogP contribution is 2.74. The summed E-state index contributed by atoms with van der Waals surface area (Å²) < 4.78 is 6.56. The molecule has 8 rings (SSSR count). The van der Waals surface area contributed by atoms with Gasteiger partial charge in [0.05, 0.1) is 18.6 Å². The number of hydrogen-bond acceptors (Lipinski definition) is 12. The molecule has 1 unspecified atom stereocenters. The molecule has 0 aliphatic heterocycles.